The Morgan fingerprint density at radius 3 is 2.83 bits per heavy atom. The molecule has 0 radical (unpaired) electrons. The van der Waals surface area contributed by atoms with E-state index in [1.807, 2.05) is 43.5 Å². The monoisotopic (exact) mass is 322 g/mol. The largest absolute Gasteiger partial charge is 0.347 e. The molecule has 1 aliphatic heterocycles. The van der Waals surface area contributed by atoms with Crippen molar-refractivity contribution < 1.29 is 4.79 Å². The Morgan fingerprint density at radius 1 is 1.25 bits per heavy atom. The first kappa shape index (κ1) is 14.6. The highest BCUT2D eigenvalue weighted by atomic mass is 16.1. The molecule has 1 amide bonds. The molecule has 7 nitrogen and oxygen atoms in total. The van der Waals surface area contributed by atoms with Gasteiger partial charge in [-0.3, -0.25) is 4.79 Å². The lowest BCUT2D eigenvalue weighted by Crippen LogP contribution is -2.41. The van der Waals surface area contributed by atoms with Gasteiger partial charge in [0.25, 0.3) is 5.91 Å². The van der Waals surface area contributed by atoms with Crippen LogP contribution >= 0.6 is 0 Å². The lowest BCUT2D eigenvalue weighted by molar-refractivity contribution is 0.0927. The molecule has 4 rings (SSSR count). The van der Waals surface area contributed by atoms with Crippen LogP contribution in [0.25, 0.3) is 5.69 Å². The van der Waals surface area contributed by atoms with Gasteiger partial charge in [0.2, 0.25) is 0 Å². The highest BCUT2D eigenvalue weighted by molar-refractivity contribution is 5.94. The third-order valence-corrected chi connectivity index (χ3v) is 4.37. The van der Waals surface area contributed by atoms with E-state index in [9.17, 15) is 4.79 Å². The molecule has 1 unspecified atom stereocenters. The molecule has 1 aromatic carbocycles. The molecular weight excluding hydrogens is 304 g/mol. The van der Waals surface area contributed by atoms with Crippen LogP contribution < -0.4 is 5.32 Å². The Labute approximate surface area is 139 Å². The summed E-state index contributed by atoms with van der Waals surface area (Å²) < 4.78 is 3.84. The van der Waals surface area contributed by atoms with E-state index in [2.05, 4.69) is 25.2 Å². The summed E-state index contributed by atoms with van der Waals surface area (Å²) in [4.78, 5) is 12.5. The number of carbonyl (C=O) groups is 1. The van der Waals surface area contributed by atoms with Gasteiger partial charge >= 0.3 is 0 Å². The molecule has 0 spiro atoms. The molecule has 1 aliphatic rings. The summed E-state index contributed by atoms with van der Waals surface area (Å²) in [5.74, 6) is 1.84. The van der Waals surface area contributed by atoms with Crippen LogP contribution in [0.15, 0.2) is 42.7 Å². The van der Waals surface area contributed by atoms with Crippen molar-refractivity contribution in [3.05, 3.63) is 59.9 Å². The number of nitrogens with zero attached hydrogens (tertiary/aromatic N) is 5. The van der Waals surface area contributed by atoms with Crippen LogP contribution in [0.5, 0.6) is 0 Å². The quantitative estimate of drug-likeness (QED) is 0.793. The summed E-state index contributed by atoms with van der Waals surface area (Å²) in [6.07, 6.45) is 5.32. The Morgan fingerprint density at radius 2 is 2.08 bits per heavy atom. The average Bonchev–Trinajstić information content (AvgIpc) is 3.26. The first-order valence-electron chi connectivity index (χ1n) is 8.00. The molecule has 0 saturated heterocycles. The maximum absolute atomic E-state index is 12.5. The highest BCUT2D eigenvalue weighted by Gasteiger charge is 2.23. The highest BCUT2D eigenvalue weighted by Crippen LogP contribution is 2.15. The van der Waals surface area contributed by atoms with E-state index >= 15 is 0 Å². The smallest absolute Gasteiger partial charge is 0.251 e. The summed E-state index contributed by atoms with van der Waals surface area (Å²) in [5.41, 5.74) is 1.58. The molecule has 0 aliphatic carbocycles. The van der Waals surface area contributed by atoms with Crippen LogP contribution in [-0.2, 0) is 13.0 Å². The van der Waals surface area contributed by atoms with Crippen molar-refractivity contribution in [3.63, 3.8) is 0 Å². The van der Waals surface area contributed by atoms with E-state index in [1.165, 1.54) is 0 Å². The third-order valence-electron chi connectivity index (χ3n) is 4.37. The van der Waals surface area contributed by atoms with Gasteiger partial charge in [-0.05, 0) is 43.7 Å². The summed E-state index contributed by atoms with van der Waals surface area (Å²) in [6.45, 7) is 2.67. The molecule has 0 saturated carbocycles. The number of rotatable bonds is 3. The van der Waals surface area contributed by atoms with Crippen LogP contribution in [-0.4, -0.2) is 36.5 Å². The Kier molecular flexibility index (Phi) is 3.60. The van der Waals surface area contributed by atoms with Gasteiger partial charge in [-0.15, -0.1) is 10.2 Å². The minimum absolute atomic E-state index is 0.0545. The van der Waals surface area contributed by atoms with Crippen molar-refractivity contribution in [2.45, 2.75) is 32.4 Å². The normalized spacial score (nSPS) is 16.6. The predicted octanol–water partition coefficient (Wildman–Crippen LogP) is 1.52. The van der Waals surface area contributed by atoms with Crippen molar-refractivity contribution in [1.29, 1.82) is 0 Å². The second-order valence-corrected chi connectivity index (χ2v) is 5.98. The molecule has 3 aromatic rings. The maximum Gasteiger partial charge on any atom is 0.251 e. The third kappa shape index (κ3) is 2.68. The van der Waals surface area contributed by atoms with Gasteiger partial charge in [-0.1, -0.05) is 0 Å². The fourth-order valence-electron chi connectivity index (χ4n) is 3.04. The lowest BCUT2D eigenvalue weighted by atomic mass is 10.1. The molecule has 1 N–H and O–H groups in total. The van der Waals surface area contributed by atoms with Crippen LogP contribution in [0.2, 0.25) is 0 Å². The molecular formula is C17H18N6O. The average molecular weight is 322 g/mol. The van der Waals surface area contributed by atoms with E-state index in [0.29, 0.717) is 5.56 Å². The van der Waals surface area contributed by atoms with Crippen molar-refractivity contribution in [2.75, 3.05) is 0 Å². The van der Waals surface area contributed by atoms with E-state index in [0.717, 1.165) is 36.7 Å². The van der Waals surface area contributed by atoms with E-state index in [1.54, 1.807) is 10.9 Å². The second-order valence-electron chi connectivity index (χ2n) is 5.98. The first-order valence-corrected chi connectivity index (χ1v) is 8.00. The molecule has 24 heavy (non-hydrogen) atoms. The minimum atomic E-state index is -0.0545. The standard InChI is InChI=1S/C17H18N6O/c1-12-20-21-16-8-5-14(11-22(12)16)19-17(24)13-3-6-15(7-4-13)23-10-2-9-18-23/h2-4,6-7,9-10,14H,5,8,11H2,1H3,(H,19,24). The van der Waals surface area contributed by atoms with Gasteiger partial charge < -0.3 is 9.88 Å². The Bertz CT molecular complexity index is 850. The van der Waals surface area contributed by atoms with Crippen molar-refractivity contribution in [3.8, 4) is 5.69 Å². The van der Waals surface area contributed by atoms with Crippen molar-refractivity contribution in [2.24, 2.45) is 0 Å². The van der Waals surface area contributed by atoms with Gasteiger partial charge in [-0.25, -0.2) is 4.68 Å². The number of fused-ring (bicyclic) bond motifs is 1. The van der Waals surface area contributed by atoms with Crippen molar-refractivity contribution >= 4 is 5.91 Å². The minimum Gasteiger partial charge on any atom is -0.347 e. The zero-order valence-electron chi connectivity index (χ0n) is 13.4. The Hall–Kier alpha value is -2.96. The van der Waals surface area contributed by atoms with Crippen LogP contribution in [0, 0.1) is 6.92 Å². The number of benzene rings is 1. The van der Waals surface area contributed by atoms with Crippen LogP contribution in [0.3, 0.4) is 0 Å². The van der Waals surface area contributed by atoms with Crippen LogP contribution in [0.1, 0.15) is 28.4 Å². The number of nitrogens with one attached hydrogen (secondary N) is 1. The first-order chi connectivity index (χ1) is 11.7. The molecule has 122 valence electrons. The summed E-state index contributed by atoms with van der Waals surface area (Å²) >= 11 is 0. The number of aromatic nitrogens is 5. The van der Waals surface area contributed by atoms with Gasteiger partial charge in [0.15, 0.2) is 0 Å². The fourth-order valence-corrected chi connectivity index (χ4v) is 3.04. The number of amides is 1. The van der Waals surface area contributed by atoms with Gasteiger partial charge in [0.05, 0.1) is 5.69 Å². The number of hydrogen-bond acceptors (Lipinski definition) is 4. The molecule has 1 atom stereocenters. The van der Waals surface area contributed by atoms with Crippen molar-refractivity contribution in [1.82, 2.24) is 29.9 Å². The van der Waals surface area contributed by atoms with E-state index in [4.69, 9.17) is 0 Å². The number of hydrogen-bond donors (Lipinski definition) is 1. The summed E-state index contributed by atoms with van der Waals surface area (Å²) in [7, 11) is 0. The molecule has 0 bridgehead atoms. The molecule has 2 aromatic heterocycles. The van der Waals surface area contributed by atoms with Gasteiger partial charge in [0, 0.05) is 37.0 Å². The van der Waals surface area contributed by atoms with E-state index in [-0.39, 0.29) is 11.9 Å². The zero-order chi connectivity index (χ0) is 16.5. The fraction of sp³-hybridized carbons (Fsp3) is 0.294. The number of carbonyl (C=O) groups excluding carboxylic acids is 1. The topological polar surface area (TPSA) is 77.6 Å². The molecule has 3 heterocycles. The van der Waals surface area contributed by atoms with Crippen LogP contribution in [0.4, 0.5) is 0 Å². The predicted molar refractivity (Wildman–Crippen MR) is 87.9 cm³/mol. The Balaban J connectivity index is 1.44. The SMILES string of the molecule is Cc1nnc2n1CC(NC(=O)c1ccc(-n3cccn3)cc1)CC2. The van der Waals surface area contributed by atoms with Gasteiger partial charge in [0.1, 0.15) is 11.6 Å². The maximum atomic E-state index is 12.5. The number of aryl methyl sites for hydroxylation is 2. The molecule has 7 heteroatoms. The zero-order valence-corrected chi connectivity index (χ0v) is 13.4. The van der Waals surface area contributed by atoms with Gasteiger partial charge in [-0.2, -0.15) is 5.10 Å². The molecule has 0 fully saturated rings. The van der Waals surface area contributed by atoms with E-state index < -0.39 is 0 Å². The summed E-state index contributed by atoms with van der Waals surface area (Å²) in [5, 5.41) is 15.5. The lowest BCUT2D eigenvalue weighted by Gasteiger charge is -2.25. The second kappa shape index (κ2) is 5.92. The summed E-state index contributed by atoms with van der Waals surface area (Å²) in [6, 6.07) is 9.40.